The molecule has 0 aromatic rings. The van der Waals surface area contributed by atoms with Crippen molar-refractivity contribution in [2.24, 2.45) is 0 Å². The number of quaternary nitrogens is 1. The lowest BCUT2D eigenvalue weighted by Gasteiger charge is -2.28. The van der Waals surface area contributed by atoms with Gasteiger partial charge in [0.2, 0.25) is 0 Å². The molecule has 0 saturated heterocycles. The van der Waals surface area contributed by atoms with Gasteiger partial charge in [-0.1, -0.05) is 288 Å². The lowest BCUT2D eigenvalue weighted by molar-refractivity contribution is -0.870. The lowest BCUT2D eigenvalue weighted by atomic mass is 10.0. The highest BCUT2D eigenvalue weighted by Crippen LogP contribution is 2.38. The highest BCUT2D eigenvalue weighted by Gasteiger charge is 2.22. The first kappa shape index (κ1) is 76.2. The average Bonchev–Trinajstić information content (AvgIpc) is 3.41. The number of hydrogen-bond acceptors (Lipinski definition) is 8. The summed E-state index contributed by atoms with van der Waals surface area (Å²) in [7, 11) is 1.17. The molecular formula is C68H130NO8P. The molecule has 0 heterocycles. The summed E-state index contributed by atoms with van der Waals surface area (Å²) >= 11 is 0. The van der Waals surface area contributed by atoms with Crippen LogP contribution in [-0.2, 0) is 32.7 Å². The maximum absolute atomic E-state index is 12.8. The van der Waals surface area contributed by atoms with E-state index in [0.717, 1.165) is 57.8 Å². The monoisotopic (exact) mass is 1120 g/mol. The van der Waals surface area contributed by atoms with Crippen LogP contribution >= 0.6 is 7.82 Å². The number of allylic oxidation sites excluding steroid dienone is 6. The molecule has 0 aliphatic heterocycles. The van der Waals surface area contributed by atoms with Crippen LogP contribution in [0.5, 0.6) is 0 Å². The van der Waals surface area contributed by atoms with Gasteiger partial charge < -0.3 is 27.9 Å². The number of likely N-dealkylation sites (N-methyl/N-ethyl adjacent to an activating group) is 1. The number of phosphoric ester groups is 1. The molecule has 0 rings (SSSR count). The van der Waals surface area contributed by atoms with Gasteiger partial charge in [0.1, 0.15) is 19.8 Å². The van der Waals surface area contributed by atoms with E-state index < -0.39 is 26.5 Å². The summed E-state index contributed by atoms with van der Waals surface area (Å²) in [6.07, 6.45) is 75.4. The number of rotatable bonds is 63. The van der Waals surface area contributed by atoms with Crippen LogP contribution in [0.25, 0.3) is 0 Å². The van der Waals surface area contributed by atoms with E-state index in [2.05, 4.69) is 50.3 Å². The zero-order chi connectivity index (χ0) is 57.0. The Kier molecular flexibility index (Phi) is 58.5. The van der Waals surface area contributed by atoms with Crippen LogP contribution in [0.4, 0.5) is 0 Å². The zero-order valence-electron chi connectivity index (χ0n) is 52.4. The van der Waals surface area contributed by atoms with Crippen LogP contribution in [0.1, 0.15) is 335 Å². The second-order valence-corrected chi connectivity index (χ2v) is 25.6. The molecule has 78 heavy (non-hydrogen) atoms. The standard InChI is InChI=1S/C68H130NO8P/c1-6-8-10-12-14-16-18-20-22-23-24-25-26-27-28-29-30-31-32-33-34-35-36-37-38-39-40-41-42-43-44-45-47-48-50-52-54-56-58-60-67(70)74-64-66(65-76-78(72,73)75-63-62-69(3,4)5)77-68(71)61-59-57-55-53-51-49-46-21-19-17-15-13-11-9-7-2/h15,17,21,23-24,46,66H,6-14,16,18-20,22,25-45,47-65H2,1-5H3/b17-15-,24-23-,46-21-. The minimum Gasteiger partial charge on any atom is -0.756 e. The third-order valence-electron chi connectivity index (χ3n) is 15.1. The topological polar surface area (TPSA) is 111 Å². The summed E-state index contributed by atoms with van der Waals surface area (Å²) in [5.41, 5.74) is 0. The fourth-order valence-corrected chi connectivity index (χ4v) is 10.6. The molecule has 0 aromatic heterocycles. The minimum absolute atomic E-state index is 0.0320. The number of carbonyl (C=O) groups excluding carboxylic acids is 2. The van der Waals surface area contributed by atoms with Crippen molar-refractivity contribution in [3.63, 3.8) is 0 Å². The number of unbranched alkanes of at least 4 members (excludes halogenated alkanes) is 43. The van der Waals surface area contributed by atoms with Crippen molar-refractivity contribution in [2.75, 3.05) is 47.5 Å². The van der Waals surface area contributed by atoms with Crippen LogP contribution in [0.3, 0.4) is 0 Å². The number of carbonyl (C=O) groups is 2. The number of hydrogen-bond donors (Lipinski definition) is 0. The van der Waals surface area contributed by atoms with E-state index >= 15 is 0 Å². The van der Waals surface area contributed by atoms with Gasteiger partial charge in [-0.25, -0.2) is 0 Å². The third-order valence-corrected chi connectivity index (χ3v) is 16.1. The van der Waals surface area contributed by atoms with Crippen LogP contribution < -0.4 is 4.89 Å². The van der Waals surface area contributed by atoms with Gasteiger partial charge in [0.15, 0.2) is 6.10 Å². The lowest BCUT2D eigenvalue weighted by Crippen LogP contribution is -2.37. The molecule has 0 amide bonds. The Labute approximate surface area is 484 Å². The quantitative estimate of drug-likeness (QED) is 0.0195. The van der Waals surface area contributed by atoms with Gasteiger partial charge in [-0.15, -0.1) is 0 Å². The van der Waals surface area contributed by atoms with Gasteiger partial charge in [0.05, 0.1) is 27.7 Å². The van der Waals surface area contributed by atoms with Crippen molar-refractivity contribution >= 4 is 19.8 Å². The molecule has 9 nitrogen and oxygen atoms in total. The van der Waals surface area contributed by atoms with E-state index in [9.17, 15) is 19.0 Å². The Hall–Kier alpha value is -1.77. The first-order chi connectivity index (χ1) is 38.0. The summed E-state index contributed by atoms with van der Waals surface area (Å²) in [6.45, 7) is 4.24. The van der Waals surface area contributed by atoms with E-state index in [-0.39, 0.29) is 32.0 Å². The van der Waals surface area contributed by atoms with Crippen LogP contribution in [0.15, 0.2) is 36.5 Å². The third kappa shape index (κ3) is 63.4. The van der Waals surface area contributed by atoms with Crippen LogP contribution in [0, 0.1) is 0 Å². The predicted molar refractivity (Wildman–Crippen MR) is 333 cm³/mol. The fraction of sp³-hybridized carbons (Fsp3) is 0.882. The van der Waals surface area contributed by atoms with Crippen molar-refractivity contribution in [1.29, 1.82) is 0 Å². The first-order valence-electron chi connectivity index (χ1n) is 33.7. The first-order valence-corrected chi connectivity index (χ1v) is 35.2. The number of ether oxygens (including phenoxy) is 2. The zero-order valence-corrected chi connectivity index (χ0v) is 53.3. The molecule has 0 aliphatic rings. The molecule has 460 valence electrons. The molecule has 0 radical (unpaired) electrons. The maximum atomic E-state index is 12.8. The van der Waals surface area contributed by atoms with Gasteiger partial charge in [-0.05, 0) is 70.6 Å². The van der Waals surface area contributed by atoms with E-state index in [1.54, 1.807) is 0 Å². The van der Waals surface area contributed by atoms with E-state index in [1.807, 2.05) is 21.1 Å². The average molecular weight is 1120 g/mol. The Morgan fingerprint density at radius 3 is 1.05 bits per heavy atom. The second kappa shape index (κ2) is 59.8. The normalized spacial score (nSPS) is 13.4. The molecule has 0 aliphatic carbocycles. The largest absolute Gasteiger partial charge is 0.756 e. The SMILES string of the molecule is CCCCC/C=C\C/C=C\CCCCCCCC(=O)OC(COC(=O)CCCCCCCCCCCCCCCCCCCCCCCCCCCCC/C=C\CCCCCCCCCC)COP(=O)([O-])OCC[N+](C)(C)C. The molecule has 2 atom stereocenters. The van der Waals surface area contributed by atoms with E-state index in [0.29, 0.717) is 17.4 Å². The van der Waals surface area contributed by atoms with Gasteiger partial charge in [-0.3, -0.25) is 14.2 Å². The molecule has 0 spiro atoms. The molecule has 0 saturated carbocycles. The van der Waals surface area contributed by atoms with Crippen molar-refractivity contribution in [3.05, 3.63) is 36.5 Å². The Balaban J connectivity index is 3.85. The maximum Gasteiger partial charge on any atom is 0.306 e. The molecular weight excluding hydrogens is 990 g/mol. The van der Waals surface area contributed by atoms with Gasteiger partial charge in [0, 0.05) is 12.8 Å². The molecule has 0 fully saturated rings. The number of phosphoric acid groups is 1. The molecule has 10 heteroatoms. The van der Waals surface area contributed by atoms with Crippen molar-refractivity contribution < 1.29 is 42.1 Å². The summed E-state index contributed by atoms with van der Waals surface area (Å²) in [5, 5.41) is 0. The van der Waals surface area contributed by atoms with E-state index in [1.165, 1.54) is 244 Å². The molecule has 0 aromatic carbocycles. The summed E-state index contributed by atoms with van der Waals surface area (Å²) in [5.74, 6) is -0.835. The number of nitrogens with zero attached hydrogens (tertiary/aromatic N) is 1. The Morgan fingerprint density at radius 2 is 0.692 bits per heavy atom. The smallest absolute Gasteiger partial charge is 0.306 e. The van der Waals surface area contributed by atoms with Crippen LogP contribution in [0.2, 0.25) is 0 Å². The van der Waals surface area contributed by atoms with Gasteiger partial charge in [0.25, 0.3) is 7.82 Å². The van der Waals surface area contributed by atoms with Gasteiger partial charge in [-0.2, -0.15) is 0 Å². The summed E-state index contributed by atoms with van der Waals surface area (Å²) < 4.78 is 34.2. The highest BCUT2D eigenvalue weighted by molar-refractivity contribution is 7.45. The minimum atomic E-state index is -4.64. The van der Waals surface area contributed by atoms with Crippen LogP contribution in [-0.4, -0.2) is 70.0 Å². The highest BCUT2D eigenvalue weighted by atomic mass is 31.2. The molecule has 0 N–H and O–H groups in total. The summed E-state index contributed by atoms with van der Waals surface area (Å²) in [6, 6.07) is 0. The predicted octanol–water partition coefficient (Wildman–Crippen LogP) is 20.9. The molecule has 0 bridgehead atoms. The van der Waals surface area contributed by atoms with Gasteiger partial charge >= 0.3 is 11.9 Å². The Bertz CT molecular complexity index is 1410. The van der Waals surface area contributed by atoms with Crippen molar-refractivity contribution in [2.45, 2.75) is 341 Å². The number of esters is 2. The fourth-order valence-electron chi connectivity index (χ4n) is 9.92. The Morgan fingerprint density at radius 1 is 0.397 bits per heavy atom. The summed E-state index contributed by atoms with van der Waals surface area (Å²) in [4.78, 5) is 37.9. The second-order valence-electron chi connectivity index (χ2n) is 24.2. The van der Waals surface area contributed by atoms with Crippen molar-refractivity contribution in [3.8, 4) is 0 Å². The van der Waals surface area contributed by atoms with E-state index in [4.69, 9.17) is 18.5 Å². The molecule has 2 unspecified atom stereocenters. The van der Waals surface area contributed by atoms with Crippen molar-refractivity contribution in [1.82, 2.24) is 0 Å².